The number of hydrogen-bond acceptors (Lipinski definition) is 3. The van der Waals surface area contributed by atoms with Gasteiger partial charge in [-0.1, -0.05) is 90.9 Å². The number of rotatable bonds is 3. The SMILES string of the molecule is N#CC1C=C(n2c3ccccc3c3cc4c(cc32)oc2ccccc24)C=C(c2ccccc2-n2c3c(c4cc5c(cc42)oc2ccccc25)C=CCC#C3)C1. The molecule has 6 aromatic carbocycles. The van der Waals surface area contributed by atoms with E-state index in [1.807, 2.05) is 24.3 Å². The van der Waals surface area contributed by atoms with Crippen LogP contribution in [0.25, 0.3) is 99.6 Å². The molecule has 1 unspecified atom stereocenters. The summed E-state index contributed by atoms with van der Waals surface area (Å²) in [5, 5.41) is 18.4. The number of benzene rings is 6. The first kappa shape index (κ1) is 30.0. The second-order valence-electron chi connectivity index (χ2n) is 14.5. The van der Waals surface area contributed by atoms with Crippen molar-refractivity contribution in [1.29, 1.82) is 5.26 Å². The van der Waals surface area contributed by atoms with E-state index in [1.54, 1.807) is 0 Å². The molecule has 2 aliphatic rings. The third-order valence-corrected chi connectivity index (χ3v) is 11.4. The van der Waals surface area contributed by atoms with Crippen LogP contribution in [-0.2, 0) is 0 Å². The summed E-state index contributed by atoms with van der Waals surface area (Å²) < 4.78 is 17.4. The minimum absolute atomic E-state index is 0.328. The highest BCUT2D eigenvalue weighted by molar-refractivity contribution is 6.18. The van der Waals surface area contributed by atoms with Crippen molar-refractivity contribution >= 4 is 93.9 Å². The molecule has 0 amide bonds. The van der Waals surface area contributed by atoms with Crippen LogP contribution in [0.4, 0.5) is 0 Å². The lowest BCUT2D eigenvalue weighted by atomic mass is 9.88. The zero-order valence-corrected chi connectivity index (χ0v) is 29.5. The fourth-order valence-corrected chi connectivity index (χ4v) is 9.05. The molecule has 4 aromatic heterocycles. The van der Waals surface area contributed by atoms with Gasteiger partial charge in [-0.15, -0.1) is 0 Å². The molecule has 0 bridgehead atoms. The summed E-state index contributed by atoms with van der Waals surface area (Å²) in [5.74, 6) is 6.58. The zero-order chi connectivity index (χ0) is 36.2. The third kappa shape index (κ3) is 4.30. The predicted molar refractivity (Wildman–Crippen MR) is 224 cm³/mol. The lowest BCUT2D eigenvalue weighted by molar-refractivity contribution is 0.669. The molecular formula is C50H29N3O2. The molecule has 1 atom stereocenters. The maximum Gasteiger partial charge on any atom is 0.137 e. The Morgan fingerprint density at radius 2 is 1.27 bits per heavy atom. The molecule has 55 heavy (non-hydrogen) atoms. The van der Waals surface area contributed by atoms with E-state index in [9.17, 15) is 5.26 Å². The minimum Gasteiger partial charge on any atom is -0.456 e. The van der Waals surface area contributed by atoms with E-state index in [0.29, 0.717) is 12.8 Å². The van der Waals surface area contributed by atoms with Crippen molar-refractivity contribution in [2.24, 2.45) is 5.92 Å². The number of fused-ring (bicyclic) bond motifs is 12. The number of hydrogen-bond donors (Lipinski definition) is 0. The Morgan fingerprint density at radius 1 is 0.618 bits per heavy atom. The average molecular weight is 704 g/mol. The van der Waals surface area contributed by atoms with Gasteiger partial charge in [-0.2, -0.15) is 5.26 Å². The Balaban J connectivity index is 1.10. The highest BCUT2D eigenvalue weighted by Crippen LogP contribution is 2.43. The molecular weight excluding hydrogens is 675 g/mol. The summed E-state index contributed by atoms with van der Waals surface area (Å²) in [6, 6.07) is 45.0. The van der Waals surface area contributed by atoms with Gasteiger partial charge < -0.3 is 18.0 Å². The van der Waals surface area contributed by atoms with Gasteiger partial charge >= 0.3 is 0 Å². The molecule has 2 aliphatic carbocycles. The van der Waals surface area contributed by atoms with Gasteiger partial charge in [0.1, 0.15) is 28.0 Å². The van der Waals surface area contributed by atoms with Crippen molar-refractivity contribution in [3.8, 4) is 23.6 Å². The topological polar surface area (TPSA) is 59.9 Å². The fraction of sp³-hybridized carbons (Fsp3) is 0.0600. The van der Waals surface area contributed by atoms with Crippen molar-refractivity contribution in [2.45, 2.75) is 12.8 Å². The number of para-hydroxylation sites is 4. The molecule has 256 valence electrons. The monoisotopic (exact) mass is 703 g/mol. The van der Waals surface area contributed by atoms with Crippen LogP contribution in [0.5, 0.6) is 0 Å². The molecule has 12 rings (SSSR count). The van der Waals surface area contributed by atoms with Crippen LogP contribution in [0.1, 0.15) is 29.7 Å². The van der Waals surface area contributed by atoms with Crippen LogP contribution in [0, 0.1) is 29.1 Å². The number of allylic oxidation sites excluding steroid dienone is 5. The average Bonchev–Trinajstić information content (AvgIpc) is 3.90. The molecule has 0 saturated carbocycles. The maximum absolute atomic E-state index is 10.6. The lowest BCUT2D eigenvalue weighted by Crippen LogP contribution is -2.09. The maximum atomic E-state index is 10.6. The van der Waals surface area contributed by atoms with E-state index in [2.05, 4.69) is 148 Å². The van der Waals surface area contributed by atoms with Crippen LogP contribution in [-0.4, -0.2) is 9.13 Å². The Kier molecular flexibility index (Phi) is 6.15. The Labute approximate surface area is 314 Å². The molecule has 0 N–H and O–H groups in total. The van der Waals surface area contributed by atoms with Gasteiger partial charge in [-0.3, -0.25) is 0 Å². The van der Waals surface area contributed by atoms with Crippen LogP contribution in [0.3, 0.4) is 0 Å². The highest BCUT2D eigenvalue weighted by Gasteiger charge is 2.26. The highest BCUT2D eigenvalue weighted by atomic mass is 16.3. The molecule has 10 aromatic rings. The number of aromatic nitrogens is 2. The number of nitrogens with zero attached hydrogens (tertiary/aromatic N) is 3. The van der Waals surface area contributed by atoms with E-state index in [4.69, 9.17) is 8.83 Å². The first-order valence-electron chi connectivity index (χ1n) is 18.6. The standard InChI is InChI=1S/C50H29N3O2/c51-29-30-22-31(24-32(23-30)52-43-19-9-5-14-34(43)38-25-40-36-15-6-10-20-47(36)54-49(40)27-45(38)52)33-12-4-8-18-42(33)53-44-17-3-1-2-13-35(44)39-26-41-37-16-7-11-21-48(37)55-50(41)28-46(39)53/h2,4-16,18-21,23-28,30H,1,22H2. The largest absolute Gasteiger partial charge is 0.456 e. The molecule has 5 nitrogen and oxygen atoms in total. The van der Waals surface area contributed by atoms with E-state index < -0.39 is 0 Å². The van der Waals surface area contributed by atoms with Gasteiger partial charge in [-0.25, -0.2) is 0 Å². The third-order valence-electron chi connectivity index (χ3n) is 11.4. The van der Waals surface area contributed by atoms with Crippen LogP contribution < -0.4 is 0 Å². The first-order chi connectivity index (χ1) is 27.2. The summed E-state index contributed by atoms with van der Waals surface area (Å²) >= 11 is 0. The Bertz CT molecular complexity index is 3520. The van der Waals surface area contributed by atoms with Crippen molar-refractivity contribution < 1.29 is 8.83 Å². The van der Waals surface area contributed by atoms with E-state index in [-0.39, 0.29) is 5.92 Å². The van der Waals surface area contributed by atoms with Crippen LogP contribution in [0.15, 0.2) is 148 Å². The van der Waals surface area contributed by atoms with Gasteiger partial charge in [0, 0.05) is 73.1 Å². The smallest absolute Gasteiger partial charge is 0.137 e. The quantitative estimate of drug-likeness (QED) is 0.172. The van der Waals surface area contributed by atoms with E-state index in [1.165, 1.54) is 0 Å². The molecule has 0 aliphatic heterocycles. The van der Waals surface area contributed by atoms with Crippen LogP contribution in [0.2, 0.25) is 0 Å². The van der Waals surface area contributed by atoms with Crippen molar-refractivity contribution in [1.82, 2.24) is 9.13 Å². The van der Waals surface area contributed by atoms with Crippen LogP contribution >= 0.6 is 0 Å². The summed E-state index contributed by atoms with van der Waals surface area (Å²) in [7, 11) is 0. The van der Waals surface area contributed by atoms with E-state index in [0.717, 1.165) is 110 Å². The number of furan rings is 2. The van der Waals surface area contributed by atoms with E-state index >= 15 is 0 Å². The predicted octanol–water partition coefficient (Wildman–Crippen LogP) is 12.8. The van der Waals surface area contributed by atoms with Crippen molar-refractivity contribution in [2.75, 3.05) is 0 Å². The second-order valence-corrected chi connectivity index (χ2v) is 14.5. The van der Waals surface area contributed by atoms with Crippen molar-refractivity contribution in [3.05, 3.63) is 156 Å². The minimum atomic E-state index is -0.328. The van der Waals surface area contributed by atoms with Crippen molar-refractivity contribution in [3.63, 3.8) is 0 Å². The molecule has 0 fully saturated rings. The first-order valence-corrected chi connectivity index (χ1v) is 18.6. The molecule has 0 saturated heterocycles. The van der Waals surface area contributed by atoms with Gasteiger partial charge in [-0.05, 0) is 66.5 Å². The van der Waals surface area contributed by atoms with Gasteiger partial charge in [0.2, 0.25) is 0 Å². The summed E-state index contributed by atoms with van der Waals surface area (Å²) in [6.45, 7) is 0. The summed E-state index contributed by atoms with van der Waals surface area (Å²) in [6.07, 6.45) is 10.0. The normalized spacial score (nSPS) is 15.4. The summed E-state index contributed by atoms with van der Waals surface area (Å²) in [5.41, 5.74) is 12.8. The zero-order valence-electron chi connectivity index (χ0n) is 29.5. The number of nitriles is 1. The second kappa shape index (κ2) is 11.3. The van der Waals surface area contributed by atoms with Gasteiger partial charge in [0.25, 0.3) is 0 Å². The lowest BCUT2D eigenvalue weighted by Gasteiger charge is -2.22. The Hall–Kier alpha value is -7.47. The molecule has 0 spiro atoms. The molecule has 0 radical (unpaired) electrons. The van der Waals surface area contributed by atoms with Gasteiger partial charge in [0.05, 0.1) is 34.2 Å². The fourth-order valence-electron chi connectivity index (χ4n) is 9.05. The molecule has 5 heteroatoms. The Morgan fingerprint density at radius 3 is 2.04 bits per heavy atom. The molecule has 4 heterocycles. The van der Waals surface area contributed by atoms with Gasteiger partial charge in [0.15, 0.2) is 0 Å². The summed E-state index contributed by atoms with van der Waals surface area (Å²) in [4.78, 5) is 0.